The molecule has 0 unspecified atom stereocenters. The second-order valence-corrected chi connectivity index (χ2v) is 11.7. The molecule has 0 saturated heterocycles. The smallest absolute Gasteiger partial charge is 0.167 e. The van der Waals surface area contributed by atoms with Gasteiger partial charge in [-0.3, -0.25) is 0 Å². The van der Waals surface area contributed by atoms with Gasteiger partial charge in [0.15, 0.2) is 5.16 Å². The number of aliphatic hydroxyl groups is 2. The van der Waals surface area contributed by atoms with E-state index >= 15 is 0 Å². The van der Waals surface area contributed by atoms with Crippen molar-refractivity contribution in [1.29, 1.82) is 0 Å². The Morgan fingerprint density at radius 2 is 1.97 bits per heavy atom. The van der Waals surface area contributed by atoms with Crippen molar-refractivity contribution in [1.82, 2.24) is 9.55 Å². The van der Waals surface area contributed by atoms with E-state index in [9.17, 15) is 10.2 Å². The summed E-state index contributed by atoms with van der Waals surface area (Å²) in [6.45, 7) is 4.86. The van der Waals surface area contributed by atoms with Crippen LogP contribution in [0.15, 0.2) is 29.2 Å². The van der Waals surface area contributed by atoms with E-state index in [1.54, 1.807) is 11.8 Å². The van der Waals surface area contributed by atoms with Crippen molar-refractivity contribution in [2.75, 3.05) is 5.75 Å². The van der Waals surface area contributed by atoms with Gasteiger partial charge in [0.25, 0.3) is 0 Å². The van der Waals surface area contributed by atoms with Gasteiger partial charge in [0.1, 0.15) is 0 Å². The van der Waals surface area contributed by atoms with Gasteiger partial charge >= 0.3 is 0 Å². The number of rotatable bonds is 3. The summed E-state index contributed by atoms with van der Waals surface area (Å²) < 4.78 is 2.05. The maximum absolute atomic E-state index is 11.9. The lowest BCUT2D eigenvalue weighted by Crippen LogP contribution is -2.55. The third-order valence-corrected chi connectivity index (χ3v) is 10.9. The maximum atomic E-state index is 11.9. The fraction of sp³-hybridized carbons (Fsp3) is 0.792. The first kappa shape index (κ1) is 20.1. The Bertz CT molecular complexity index is 822. The zero-order valence-corrected chi connectivity index (χ0v) is 18.9. The number of hydrogen-bond donors (Lipinski definition) is 2. The summed E-state index contributed by atoms with van der Waals surface area (Å²) in [6.07, 6.45) is 14.7. The normalized spacial score (nSPS) is 46.6. The highest BCUT2D eigenvalue weighted by Crippen LogP contribution is 2.67. The van der Waals surface area contributed by atoms with Crippen LogP contribution in [0, 0.1) is 28.6 Å². The number of thioether (sulfide) groups is 1. The van der Waals surface area contributed by atoms with Gasteiger partial charge in [0.05, 0.1) is 11.7 Å². The first-order valence-electron chi connectivity index (χ1n) is 11.5. The molecule has 1 heterocycles. The minimum absolute atomic E-state index is 0.00220. The number of aryl methyl sites for hydroxylation is 1. The molecule has 0 aromatic carbocycles. The van der Waals surface area contributed by atoms with Crippen LogP contribution >= 0.6 is 11.8 Å². The van der Waals surface area contributed by atoms with Crippen LogP contribution in [0.3, 0.4) is 0 Å². The van der Waals surface area contributed by atoms with Gasteiger partial charge in [-0.15, -0.1) is 0 Å². The van der Waals surface area contributed by atoms with Crippen molar-refractivity contribution < 1.29 is 10.2 Å². The Kier molecular flexibility index (Phi) is 4.77. The van der Waals surface area contributed by atoms with E-state index in [1.165, 1.54) is 12.0 Å². The van der Waals surface area contributed by atoms with Crippen molar-refractivity contribution in [2.45, 2.75) is 82.1 Å². The van der Waals surface area contributed by atoms with Gasteiger partial charge in [-0.25, -0.2) is 4.98 Å². The molecule has 0 radical (unpaired) electrons. The molecule has 0 amide bonds. The number of fused-ring (bicyclic) bond motifs is 5. The van der Waals surface area contributed by atoms with Gasteiger partial charge in [0, 0.05) is 30.6 Å². The second kappa shape index (κ2) is 6.86. The minimum Gasteiger partial charge on any atom is -0.393 e. The first-order chi connectivity index (χ1) is 13.8. The molecule has 160 valence electrons. The predicted octanol–water partition coefficient (Wildman–Crippen LogP) is 4.57. The number of imidazole rings is 1. The average molecular weight is 417 g/mol. The Balaban J connectivity index is 1.39. The molecular weight excluding hydrogens is 380 g/mol. The summed E-state index contributed by atoms with van der Waals surface area (Å²) in [6, 6.07) is 0. The van der Waals surface area contributed by atoms with Crippen molar-refractivity contribution in [3.8, 4) is 0 Å². The minimum atomic E-state index is -0.604. The molecule has 1 aromatic rings. The second-order valence-electron chi connectivity index (χ2n) is 10.8. The van der Waals surface area contributed by atoms with Gasteiger partial charge < -0.3 is 14.8 Å². The zero-order valence-electron chi connectivity index (χ0n) is 18.1. The van der Waals surface area contributed by atoms with Crippen LogP contribution in [0.25, 0.3) is 0 Å². The van der Waals surface area contributed by atoms with E-state index in [4.69, 9.17) is 0 Å². The highest BCUT2D eigenvalue weighted by atomic mass is 32.2. The van der Waals surface area contributed by atoms with Crippen LogP contribution in [0.2, 0.25) is 0 Å². The molecule has 1 aromatic heterocycles. The fourth-order valence-electron chi connectivity index (χ4n) is 7.66. The Morgan fingerprint density at radius 1 is 1.17 bits per heavy atom. The van der Waals surface area contributed by atoms with Gasteiger partial charge in [-0.05, 0) is 74.5 Å². The van der Waals surface area contributed by atoms with Crippen LogP contribution in [0.4, 0.5) is 0 Å². The van der Waals surface area contributed by atoms with Crippen LogP contribution in [-0.2, 0) is 7.05 Å². The van der Waals surface area contributed by atoms with Crippen LogP contribution in [0.1, 0.15) is 65.2 Å². The van der Waals surface area contributed by atoms with E-state index in [2.05, 4.69) is 24.9 Å². The molecule has 0 aliphatic heterocycles. The average Bonchev–Trinajstić information content (AvgIpc) is 3.22. The van der Waals surface area contributed by atoms with Crippen LogP contribution in [-0.4, -0.2) is 37.2 Å². The Morgan fingerprint density at radius 3 is 2.72 bits per heavy atom. The third-order valence-electron chi connectivity index (χ3n) is 9.62. The van der Waals surface area contributed by atoms with Crippen molar-refractivity contribution >= 4 is 11.8 Å². The molecule has 3 saturated carbocycles. The molecule has 4 nitrogen and oxygen atoms in total. The standard InChI is InChI=1S/C24H36N2O2S/c1-22-9-6-17(27)14-16(22)4-5-18-19(22)7-10-23(2)20(18)8-11-24(23,28)15-29-21-25-12-13-26(21)3/h4,12-13,17-20,27-28H,5-11,14-15H2,1-3H3/t17-,18-,19+,20-,22-,23-,24+/m0/s1. The molecule has 5 rings (SSSR count). The van der Waals surface area contributed by atoms with Gasteiger partial charge in [-0.1, -0.05) is 37.3 Å². The van der Waals surface area contributed by atoms with Crippen LogP contribution in [0.5, 0.6) is 0 Å². The summed E-state index contributed by atoms with van der Waals surface area (Å²) >= 11 is 1.71. The molecule has 2 N–H and O–H groups in total. The summed E-state index contributed by atoms with van der Waals surface area (Å²) in [5.74, 6) is 2.75. The lowest BCUT2D eigenvalue weighted by Gasteiger charge is -2.59. The predicted molar refractivity (Wildman–Crippen MR) is 117 cm³/mol. The lowest BCUT2D eigenvalue weighted by molar-refractivity contribution is -0.113. The largest absolute Gasteiger partial charge is 0.393 e. The molecule has 7 atom stereocenters. The topological polar surface area (TPSA) is 58.3 Å². The summed E-state index contributed by atoms with van der Waals surface area (Å²) in [4.78, 5) is 4.45. The molecule has 4 aliphatic rings. The van der Waals surface area contributed by atoms with Gasteiger partial charge in [-0.2, -0.15) is 0 Å². The summed E-state index contributed by atoms with van der Waals surface area (Å²) in [7, 11) is 2.03. The van der Waals surface area contributed by atoms with Gasteiger partial charge in [0.2, 0.25) is 0 Å². The van der Waals surface area contributed by atoms with E-state index in [0.717, 1.165) is 61.8 Å². The quantitative estimate of drug-likeness (QED) is 0.560. The van der Waals surface area contributed by atoms with E-state index in [-0.39, 0.29) is 16.9 Å². The molecule has 4 aliphatic carbocycles. The SMILES string of the molecule is Cn1ccnc1SC[C@]1(O)CC[C@H]2[C@H]3CC=C4C[C@@H](O)CC[C@]4(C)[C@@H]3CC[C@@]21C. The third kappa shape index (κ3) is 2.90. The number of aromatic nitrogens is 2. The van der Waals surface area contributed by atoms with Crippen LogP contribution < -0.4 is 0 Å². The summed E-state index contributed by atoms with van der Waals surface area (Å²) in [5, 5.41) is 23.0. The number of nitrogens with zero attached hydrogens (tertiary/aromatic N) is 2. The Hall–Kier alpha value is -0.780. The molecule has 0 bridgehead atoms. The van der Waals surface area contributed by atoms with Crippen molar-refractivity contribution in [2.24, 2.45) is 35.6 Å². The molecule has 3 fully saturated rings. The van der Waals surface area contributed by atoms with Crippen molar-refractivity contribution in [3.05, 3.63) is 24.0 Å². The number of hydrogen-bond acceptors (Lipinski definition) is 4. The molecule has 0 spiro atoms. The van der Waals surface area contributed by atoms with E-state index in [1.807, 2.05) is 24.0 Å². The summed E-state index contributed by atoms with van der Waals surface area (Å²) in [5.41, 5.74) is 1.20. The van der Waals surface area contributed by atoms with Crippen molar-refractivity contribution in [3.63, 3.8) is 0 Å². The zero-order chi connectivity index (χ0) is 20.4. The Labute approximate surface area is 179 Å². The monoisotopic (exact) mass is 416 g/mol. The lowest BCUT2D eigenvalue weighted by atomic mass is 9.47. The fourth-order valence-corrected chi connectivity index (χ4v) is 8.91. The number of allylic oxidation sites excluding steroid dienone is 1. The highest BCUT2D eigenvalue weighted by Gasteiger charge is 2.63. The molecular formula is C24H36N2O2S. The van der Waals surface area contributed by atoms with E-state index < -0.39 is 5.60 Å². The number of aliphatic hydroxyl groups excluding tert-OH is 1. The van der Waals surface area contributed by atoms with E-state index in [0.29, 0.717) is 11.8 Å². The first-order valence-corrected chi connectivity index (χ1v) is 12.5. The maximum Gasteiger partial charge on any atom is 0.167 e. The molecule has 29 heavy (non-hydrogen) atoms. The highest BCUT2D eigenvalue weighted by molar-refractivity contribution is 7.99. The molecule has 5 heteroatoms.